The van der Waals surface area contributed by atoms with Gasteiger partial charge >= 0.3 is 0 Å². The third-order valence-electron chi connectivity index (χ3n) is 11.3. The molecule has 5 heteroatoms. The van der Waals surface area contributed by atoms with Crippen LogP contribution in [0.4, 0.5) is 32.8 Å². The van der Waals surface area contributed by atoms with Crippen molar-refractivity contribution < 1.29 is 0 Å². The van der Waals surface area contributed by atoms with E-state index in [1.165, 1.54) is 57.8 Å². The minimum atomic E-state index is 1.09. The molecule has 3 nitrogen and oxygen atoms in total. The number of hydrogen-bond donors (Lipinski definition) is 0. The van der Waals surface area contributed by atoms with E-state index in [0.717, 1.165) is 44.6 Å². The van der Waals surface area contributed by atoms with Crippen molar-refractivity contribution in [2.24, 2.45) is 0 Å². The first-order valence-electron chi connectivity index (χ1n) is 19.7. The van der Waals surface area contributed by atoms with Gasteiger partial charge in [0.05, 0.1) is 16.7 Å². The van der Waals surface area contributed by atoms with Gasteiger partial charge in [-0.1, -0.05) is 122 Å². The molecule has 3 aromatic heterocycles. The lowest BCUT2D eigenvalue weighted by Gasteiger charge is -2.25. The van der Waals surface area contributed by atoms with Crippen molar-refractivity contribution in [3.63, 3.8) is 0 Å². The topological polar surface area (TPSA) is 11.4 Å². The summed E-state index contributed by atoms with van der Waals surface area (Å²) in [7, 11) is 0. The van der Waals surface area contributed by atoms with E-state index in [9.17, 15) is 0 Å². The highest BCUT2D eigenvalue weighted by Gasteiger charge is 2.21. The molecular formula is C54H37N3S2. The van der Waals surface area contributed by atoms with E-state index in [-0.39, 0.29) is 0 Å². The summed E-state index contributed by atoms with van der Waals surface area (Å²) in [5, 5.41) is 9.76. The van der Waals surface area contributed by atoms with Crippen LogP contribution in [0, 0.1) is 0 Å². The summed E-state index contributed by atoms with van der Waals surface area (Å²) in [5.74, 6) is 0. The lowest BCUT2D eigenvalue weighted by molar-refractivity contribution is 1.17. The summed E-state index contributed by atoms with van der Waals surface area (Å²) in [6.45, 7) is 7.99. The zero-order valence-corrected chi connectivity index (χ0v) is 33.8. The SMILES string of the molecule is C=Cc1ccc(N(c2ccc(-n3c4ccccc4c4ccccc43)cc2)c2cc3cc4sc(N(c5ccc(C=C)cc5)c5cccc6ccccc56)cc4cc3s2)cc1. The fourth-order valence-electron chi connectivity index (χ4n) is 8.43. The van der Waals surface area contributed by atoms with Crippen molar-refractivity contribution in [3.8, 4) is 5.69 Å². The Balaban J connectivity index is 1.01. The second-order valence-electron chi connectivity index (χ2n) is 14.7. The molecular weight excluding hydrogens is 755 g/mol. The second-order valence-corrected chi connectivity index (χ2v) is 16.9. The Bertz CT molecular complexity index is 3260. The number of rotatable bonds is 9. The molecule has 8 aromatic carbocycles. The third kappa shape index (κ3) is 6.02. The molecule has 0 aliphatic rings. The van der Waals surface area contributed by atoms with Crippen molar-refractivity contribution in [1.29, 1.82) is 0 Å². The van der Waals surface area contributed by atoms with Crippen molar-refractivity contribution in [2.45, 2.75) is 0 Å². The summed E-state index contributed by atoms with van der Waals surface area (Å²) in [4.78, 5) is 4.78. The number of hydrogen-bond acceptors (Lipinski definition) is 4. The molecule has 0 fully saturated rings. The maximum Gasteiger partial charge on any atom is 0.101 e. The van der Waals surface area contributed by atoms with Crippen LogP contribution in [-0.4, -0.2) is 4.57 Å². The van der Waals surface area contributed by atoms with Crippen LogP contribution in [0.15, 0.2) is 201 Å². The quantitative estimate of drug-likeness (QED) is 0.144. The largest absolute Gasteiger partial charge is 0.309 e. The first kappa shape index (κ1) is 35.0. The highest BCUT2D eigenvalue weighted by Crippen LogP contribution is 2.48. The summed E-state index contributed by atoms with van der Waals surface area (Å²) in [6.07, 6.45) is 3.79. The Morgan fingerprint density at radius 1 is 0.407 bits per heavy atom. The number of benzene rings is 8. The highest BCUT2D eigenvalue weighted by atomic mass is 32.1. The number of para-hydroxylation sites is 2. The van der Waals surface area contributed by atoms with Crippen molar-refractivity contribution in [3.05, 3.63) is 212 Å². The number of nitrogens with zero attached hydrogens (tertiary/aromatic N) is 3. The molecule has 0 spiro atoms. The van der Waals surface area contributed by atoms with Gasteiger partial charge < -0.3 is 14.4 Å². The minimum Gasteiger partial charge on any atom is -0.309 e. The van der Waals surface area contributed by atoms with E-state index in [1.54, 1.807) is 0 Å². The van der Waals surface area contributed by atoms with Crippen LogP contribution in [0.5, 0.6) is 0 Å². The van der Waals surface area contributed by atoms with Gasteiger partial charge in [0.25, 0.3) is 0 Å². The third-order valence-corrected chi connectivity index (χ3v) is 13.5. The smallest absolute Gasteiger partial charge is 0.101 e. The molecule has 0 unspecified atom stereocenters. The molecule has 0 N–H and O–H groups in total. The molecule has 0 atom stereocenters. The van der Waals surface area contributed by atoms with E-state index in [0.29, 0.717) is 0 Å². The van der Waals surface area contributed by atoms with Gasteiger partial charge in [-0.25, -0.2) is 0 Å². The lowest BCUT2D eigenvalue weighted by Crippen LogP contribution is -2.08. The van der Waals surface area contributed by atoms with Gasteiger partial charge in [-0.3, -0.25) is 0 Å². The molecule has 0 amide bonds. The predicted octanol–water partition coefficient (Wildman–Crippen LogP) is 16.6. The van der Waals surface area contributed by atoms with Gasteiger partial charge in [0.1, 0.15) is 10.0 Å². The van der Waals surface area contributed by atoms with Gasteiger partial charge in [0.15, 0.2) is 0 Å². The Labute approximate surface area is 350 Å². The molecule has 3 heterocycles. The second kappa shape index (κ2) is 14.3. The summed E-state index contributed by atoms with van der Waals surface area (Å²) in [6, 6.07) is 68.3. The molecule has 11 aromatic rings. The summed E-state index contributed by atoms with van der Waals surface area (Å²) >= 11 is 3.65. The maximum absolute atomic E-state index is 4.00. The first-order valence-corrected chi connectivity index (χ1v) is 21.4. The van der Waals surface area contributed by atoms with E-state index in [1.807, 2.05) is 34.8 Å². The fourth-order valence-corrected chi connectivity index (χ4v) is 10.7. The Hall–Kier alpha value is -7.18. The molecule has 11 rings (SSSR count). The van der Waals surface area contributed by atoms with Gasteiger partial charge in [-0.15, -0.1) is 22.7 Å². The zero-order chi connectivity index (χ0) is 39.5. The predicted molar refractivity (Wildman–Crippen MR) is 259 cm³/mol. The van der Waals surface area contributed by atoms with Gasteiger partial charge in [0, 0.05) is 48.3 Å². The molecule has 0 radical (unpaired) electrons. The minimum absolute atomic E-state index is 1.09. The van der Waals surface area contributed by atoms with Crippen molar-refractivity contribution in [2.75, 3.05) is 9.80 Å². The molecule has 0 aliphatic carbocycles. The number of fused-ring (bicyclic) bond motifs is 6. The van der Waals surface area contributed by atoms with E-state index >= 15 is 0 Å². The average molecular weight is 792 g/mol. The number of anilines is 6. The van der Waals surface area contributed by atoms with Crippen LogP contribution in [0.3, 0.4) is 0 Å². The van der Waals surface area contributed by atoms with Crippen LogP contribution in [0.25, 0.3) is 70.6 Å². The number of aromatic nitrogens is 1. The highest BCUT2D eigenvalue weighted by molar-refractivity contribution is 7.24. The van der Waals surface area contributed by atoms with Crippen LogP contribution < -0.4 is 9.80 Å². The normalized spacial score (nSPS) is 11.5. The van der Waals surface area contributed by atoms with Gasteiger partial charge in [-0.05, 0) is 118 Å². The molecule has 280 valence electrons. The Kier molecular flexibility index (Phi) is 8.51. The average Bonchev–Trinajstić information content (AvgIpc) is 3.99. The number of thiophene rings is 2. The Morgan fingerprint density at radius 2 is 0.864 bits per heavy atom. The molecule has 0 saturated carbocycles. The summed E-state index contributed by atoms with van der Waals surface area (Å²) in [5.41, 5.74) is 10.2. The Morgan fingerprint density at radius 3 is 1.42 bits per heavy atom. The van der Waals surface area contributed by atoms with Gasteiger partial charge in [-0.2, -0.15) is 0 Å². The summed E-state index contributed by atoms with van der Waals surface area (Å²) < 4.78 is 4.87. The maximum atomic E-state index is 4.00. The monoisotopic (exact) mass is 791 g/mol. The lowest BCUT2D eigenvalue weighted by atomic mass is 10.1. The molecule has 0 aliphatic heterocycles. The van der Waals surface area contributed by atoms with Crippen LogP contribution in [-0.2, 0) is 0 Å². The molecule has 0 bridgehead atoms. The van der Waals surface area contributed by atoms with E-state index in [2.05, 4.69) is 216 Å². The molecule has 59 heavy (non-hydrogen) atoms. The van der Waals surface area contributed by atoms with Crippen molar-refractivity contribution >= 4 is 120 Å². The zero-order valence-electron chi connectivity index (χ0n) is 32.1. The molecule has 0 saturated heterocycles. The fraction of sp³-hybridized carbons (Fsp3) is 0. The van der Waals surface area contributed by atoms with Crippen molar-refractivity contribution in [1.82, 2.24) is 4.57 Å². The van der Waals surface area contributed by atoms with E-state index < -0.39 is 0 Å². The van der Waals surface area contributed by atoms with Crippen LogP contribution >= 0.6 is 22.7 Å². The van der Waals surface area contributed by atoms with E-state index in [4.69, 9.17) is 0 Å². The van der Waals surface area contributed by atoms with Crippen LogP contribution in [0.1, 0.15) is 11.1 Å². The standard InChI is InChI=1S/C54H37N3S2/c1-3-36-20-24-41(25-21-36)55(42-28-30-43(31-29-42)56-49-17-9-7-15-46(49)47-16-8-10-18-50(47)56)53-34-39-32-52-40(33-51(39)58-53)35-54(59-52)57(44-26-22-37(4-2)23-27-44)48-19-11-13-38-12-5-6-14-45(38)48/h3-35H,1-2H2. The van der Waals surface area contributed by atoms with Crippen LogP contribution in [0.2, 0.25) is 0 Å². The first-order chi connectivity index (χ1) is 29.1. The van der Waals surface area contributed by atoms with Gasteiger partial charge in [0.2, 0.25) is 0 Å².